The van der Waals surface area contributed by atoms with Crippen molar-refractivity contribution in [1.82, 2.24) is 15.1 Å². The third kappa shape index (κ3) is 6.20. The number of nitrogens with zero attached hydrogens (tertiary/aromatic N) is 3. The Morgan fingerprint density at radius 1 is 1.00 bits per heavy atom. The van der Waals surface area contributed by atoms with E-state index in [2.05, 4.69) is 10.6 Å². The Labute approximate surface area is 246 Å². The van der Waals surface area contributed by atoms with Gasteiger partial charge in [0.1, 0.15) is 11.4 Å². The predicted octanol–water partition coefficient (Wildman–Crippen LogP) is 5.10. The summed E-state index contributed by atoms with van der Waals surface area (Å²) in [5.41, 5.74) is 2.02. The molecule has 5 rings (SSSR count). The van der Waals surface area contributed by atoms with Crippen molar-refractivity contribution < 1.29 is 14.0 Å². The quantitative estimate of drug-likeness (QED) is 0.347. The van der Waals surface area contributed by atoms with Crippen LogP contribution < -0.4 is 15.5 Å². The lowest BCUT2D eigenvalue weighted by molar-refractivity contribution is -0.146. The zero-order valence-corrected chi connectivity index (χ0v) is 24.3. The number of carbonyl (C=O) groups excluding carboxylic acids is 2. The minimum Gasteiger partial charge on any atom is -0.378 e. The largest absolute Gasteiger partial charge is 0.378 e. The van der Waals surface area contributed by atoms with Crippen LogP contribution in [0.25, 0.3) is 0 Å². The van der Waals surface area contributed by atoms with E-state index in [9.17, 15) is 14.0 Å². The maximum absolute atomic E-state index is 14.9. The Morgan fingerprint density at radius 2 is 1.66 bits per heavy atom. The van der Waals surface area contributed by atoms with Crippen molar-refractivity contribution in [3.63, 3.8) is 0 Å². The lowest BCUT2D eigenvalue weighted by atomic mass is 9.92. The van der Waals surface area contributed by atoms with Gasteiger partial charge in [0.05, 0.1) is 12.6 Å². The summed E-state index contributed by atoms with van der Waals surface area (Å²) in [5.74, 6) is -0.909. The van der Waals surface area contributed by atoms with Crippen LogP contribution in [0.3, 0.4) is 0 Å². The standard InChI is InChI=1S/C32H36FN5O2S/c1-36(2)26-16-14-25(15-17-26)34-30(40)32(18-8-9-19-32)38(20-24-12-6-7-13-27(24)33)29(39)22-37-21-28(35-31(37)41)23-10-4-3-5-11-23/h3-7,10-17,28H,8-9,18-22H2,1-2H3,(H,34,40)(H,35,41). The van der Waals surface area contributed by atoms with Crippen molar-refractivity contribution in [2.45, 2.75) is 43.8 Å². The number of thiocarbonyl (C=S) groups is 1. The fourth-order valence-corrected chi connectivity index (χ4v) is 6.07. The van der Waals surface area contributed by atoms with E-state index in [-0.39, 0.29) is 30.9 Å². The van der Waals surface area contributed by atoms with Gasteiger partial charge >= 0.3 is 0 Å². The van der Waals surface area contributed by atoms with Gasteiger partial charge in [-0.2, -0.15) is 0 Å². The molecule has 3 aromatic carbocycles. The van der Waals surface area contributed by atoms with Crippen molar-refractivity contribution >= 4 is 40.5 Å². The first-order valence-electron chi connectivity index (χ1n) is 14.0. The highest BCUT2D eigenvalue weighted by Gasteiger charge is 2.49. The molecule has 1 atom stereocenters. The molecule has 1 saturated carbocycles. The van der Waals surface area contributed by atoms with Crippen molar-refractivity contribution in [2.75, 3.05) is 37.4 Å². The summed E-state index contributed by atoms with van der Waals surface area (Å²) in [5, 5.41) is 6.86. The molecule has 9 heteroatoms. The second-order valence-electron chi connectivity index (χ2n) is 11.0. The van der Waals surface area contributed by atoms with E-state index in [1.807, 2.05) is 78.5 Å². The predicted molar refractivity (Wildman–Crippen MR) is 164 cm³/mol. The molecule has 2 fully saturated rings. The fourth-order valence-electron chi connectivity index (χ4n) is 5.79. The number of anilines is 2. The minimum atomic E-state index is -1.10. The van der Waals surface area contributed by atoms with E-state index in [0.717, 1.165) is 24.1 Å². The van der Waals surface area contributed by atoms with Crippen molar-refractivity contribution in [1.29, 1.82) is 0 Å². The number of halogens is 1. The lowest BCUT2D eigenvalue weighted by Crippen LogP contribution is -2.59. The molecule has 2 N–H and O–H groups in total. The summed E-state index contributed by atoms with van der Waals surface area (Å²) >= 11 is 5.60. The first-order chi connectivity index (χ1) is 19.8. The van der Waals surface area contributed by atoms with Gasteiger partial charge in [0, 0.05) is 44.1 Å². The first-order valence-corrected chi connectivity index (χ1v) is 14.4. The molecular weight excluding hydrogens is 537 g/mol. The number of amides is 2. The highest BCUT2D eigenvalue weighted by atomic mass is 32.1. The summed E-state index contributed by atoms with van der Waals surface area (Å²) in [6.45, 7) is 0.518. The van der Waals surface area contributed by atoms with E-state index in [1.165, 1.54) is 6.07 Å². The third-order valence-electron chi connectivity index (χ3n) is 8.11. The molecule has 1 saturated heterocycles. The smallest absolute Gasteiger partial charge is 0.250 e. The summed E-state index contributed by atoms with van der Waals surface area (Å²) < 4.78 is 14.9. The molecule has 214 valence electrons. The molecule has 3 aromatic rings. The zero-order valence-electron chi connectivity index (χ0n) is 23.5. The van der Waals surface area contributed by atoms with Crippen molar-refractivity contribution in [3.8, 4) is 0 Å². The van der Waals surface area contributed by atoms with Gasteiger partial charge in [-0.05, 0) is 61.0 Å². The topological polar surface area (TPSA) is 67.9 Å². The van der Waals surface area contributed by atoms with Gasteiger partial charge in [0.25, 0.3) is 0 Å². The second kappa shape index (κ2) is 12.3. The summed E-state index contributed by atoms with van der Waals surface area (Å²) in [6.07, 6.45) is 2.61. The van der Waals surface area contributed by atoms with Gasteiger partial charge in [-0.1, -0.05) is 61.4 Å². The molecule has 0 radical (unpaired) electrons. The Bertz CT molecular complexity index is 1390. The van der Waals surface area contributed by atoms with Gasteiger partial charge in [-0.15, -0.1) is 0 Å². The number of benzene rings is 3. The van der Waals surface area contributed by atoms with E-state index >= 15 is 0 Å². The number of hydrogen-bond donors (Lipinski definition) is 2. The highest BCUT2D eigenvalue weighted by Crippen LogP contribution is 2.38. The highest BCUT2D eigenvalue weighted by molar-refractivity contribution is 7.80. The van der Waals surface area contributed by atoms with E-state index in [1.54, 1.807) is 23.1 Å². The molecule has 1 aliphatic heterocycles. The monoisotopic (exact) mass is 573 g/mol. The van der Waals surface area contributed by atoms with E-state index in [0.29, 0.717) is 35.7 Å². The maximum atomic E-state index is 14.9. The molecule has 1 heterocycles. The minimum absolute atomic E-state index is 0.00379. The van der Waals surface area contributed by atoms with E-state index in [4.69, 9.17) is 12.2 Å². The molecule has 2 aliphatic rings. The molecule has 0 spiro atoms. The van der Waals surface area contributed by atoms with Crippen LogP contribution in [0.15, 0.2) is 78.9 Å². The van der Waals surface area contributed by atoms with Crippen LogP contribution in [0, 0.1) is 5.82 Å². The Morgan fingerprint density at radius 3 is 2.32 bits per heavy atom. The summed E-state index contributed by atoms with van der Waals surface area (Å²) in [4.78, 5) is 33.6. The first kappa shape index (κ1) is 28.5. The maximum Gasteiger partial charge on any atom is 0.250 e. The van der Waals surface area contributed by atoms with Crippen molar-refractivity contribution in [3.05, 3.63) is 95.8 Å². The average Bonchev–Trinajstić information content (AvgIpc) is 3.61. The third-order valence-corrected chi connectivity index (χ3v) is 8.49. The van der Waals surface area contributed by atoms with Gasteiger partial charge in [0.2, 0.25) is 11.8 Å². The van der Waals surface area contributed by atoms with Gasteiger partial charge in [-0.25, -0.2) is 4.39 Å². The number of rotatable bonds is 9. The molecule has 0 bridgehead atoms. The Kier molecular flexibility index (Phi) is 8.54. The van der Waals surface area contributed by atoms with Crippen LogP contribution >= 0.6 is 12.2 Å². The van der Waals surface area contributed by atoms with Gasteiger partial charge in [-0.3, -0.25) is 9.59 Å². The molecule has 7 nitrogen and oxygen atoms in total. The Balaban J connectivity index is 1.42. The van der Waals surface area contributed by atoms with Gasteiger partial charge in [0.15, 0.2) is 5.11 Å². The SMILES string of the molecule is CN(C)c1ccc(NC(=O)C2(N(Cc3ccccc3F)C(=O)CN3CC(c4ccccc4)NC3=S)CCCC2)cc1. The van der Waals surface area contributed by atoms with Crippen LogP contribution in [-0.4, -0.2) is 59.5 Å². The lowest BCUT2D eigenvalue weighted by Gasteiger charge is -2.41. The molecule has 1 unspecified atom stereocenters. The molecular formula is C32H36FN5O2S. The number of hydrogen-bond acceptors (Lipinski definition) is 4. The van der Waals surface area contributed by atoms with Crippen LogP contribution in [0.2, 0.25) is 0 Å². The average molecular weight is 574 g/mol. The number of carbonyl (C=O) groups is 2. The fraction of sp³-hybridized carbons (Fsp3) is 0.344. The molecule has 0 aromatic heterocycles. The van der Waals surface area contributed by atoms with Crippen LogP contribution in [0.4, 0.5) is 15.8 Å². The molecule has 41 heavy (non-hydrogen) atoms. The van der Waals surface area contributed by atoms with Crippen molar-refractivity contribution in [2.24, 2.45) is 0 Å². The summed E-state index contributed by atoms with van der Waals surface area (Å²) in [6, 6.07) is 23.9. The second-order valence-corrected chi connectivity index (χ2v) is 11.4. The Hall–Kier alpha value is -3.98. The van der Waals surface area contributed by atoms with Crippen LogP contribution in [0.1, 0.15) is 42.9 Å². The summed E-state index contributed by atoms with van der Waals surface area (Å²) in [7, 11) is 3.91. The van der Waals surface area contributed by atoms with E-state index < -0.39 is 11.4 Å². The number of nitrogens with one attached hydrogen (secondary N) is 2. The normalized spacial score (nSPS) is 17.7. The zero-order chi connectivity index (χ0) is 29.0. The molecule has 1 aliphatic carbocycles. The van der Waals surface area contributed by atoms with Crippen LogP contribution in [-0.2, 0) is 16.1 Å². The molecule has 2 amide bonds. The van der Waals surface area contributed by atoms with Gasteiger partial charge < -0.3 is 25.3 Å². The van der Waals surface area contributed by atoms with Crippen LogP contribution in [0.5, 0.6) is 0 Å².